The summed E-state index contributed by atoms with van der Waals surface area (Å²) in [6.07, 6.45) is 2.04. The van der Waals surface area contributed by atoms with E-state index in [9.17, 15) is 4.79 Å². The highest BCUT2D eigenvalue weighted by Gasteiger charge is 2.12. The molecular formula is C18H19N3O3S2. The molecule has 8 heteroatoms. The van der Waals surface area contributed by atoms with Crippen LogP contribution in [0.2, 0.25) is 0 Å². The zero-order chi connectivity index (χ0) is 18.5. The predicted molar refractivity (Wildman–Crippen MR) is 103 cm³/mol. The molecule has 26 heavy (non-hydrogen) atoms. The lowest BCUT2D eigenvalue weighted by molar-refractivity contribution is -0.120. The van der Waals surface area contributed by atoms with Crippen molar-refractivity contribution >= 4 is 28.6 Å². The lowest BCUT2D eigenvalue weighted by Gasteiger charge is -2.08. The van der Waals surface area contributed by atoms with Gasteiger partial charge < -0.3 is 14.8 Å². The van der Waals surface area contributed by atoms with Gasteiger partial charge in [-0.3, -0.25) is 4.79 Å². The van der Waals surface area contributed by atoms with Crippen LogP contribution in [0, 0.1) is 6.92 Å². The third-order valence-electron chi connectivity index (χ3n) is 3.65. The molecule has 3 aromatic rings. The van der Waals surface area contributed by atoms with Gasteiger partial charge in [0.25, 0.3) is 0 Å². The van der Waals surface area contributed by atoms with Gasteiger partial charge in [0.1, 0.15) is 5.01 Å². The van der Waals surface area contributed by atoms with E-state index < -0.39 is 0 Å². The van der Waals surface area contributed by atoms with Crippen molar-refractivity contribution in [2.24, 2.45) is 0 Å². The number of benzene rings is 1. The van der Waals surface area contributed by atoms with Gasteiger partial charge in [-0.15, -0.1) is 22.7 Å². The van der Waals surface area contributed by atoms with Crippen LogP contribution in [-0.4, -0.2) is 30.1 Å². The first-order valence-electron chi connectivity index (χ1n) is 7.94. The molecule has 0 atom stereocenters. The second kappa shape index (κ2) is 8.29. The topological polar surface area (TPSA) is 73.3 Å². The summed E-state index contributed by atoms with van der Waals surface area (Å²) in [6, 6.07) is 5.66. The molecule has 1 aromatic carbocycles. The molecule has 2 heterocycles. The Bertz CT molecular complexity index is 905. The van der Waals surface area contributed by atoms with Crippen molar-refractivity contribution in [2.45, 2.75) is 19.9 Å². The number of amides is 1. The van der Waals surface area contributed by atoms with Gasteiger partial charge in [0.2, 0.25) is 5.91 Å². The fraction of sp³-hybridized carbons (Fsp3) is 0.278. The average Bonchev–Trinajstić information content (AvgIpc) is 3.28. The molecule has 0 aliphatic carbocycles. The highest BCUT2D eigenvalue weighted by Crippen LogP contribution is 2.33. The van der Waals surface area contributed by atoms with Gasteiger partial charge in [0.05, 0.1) is 37.9 Å². The van der Waals surface area contributed by atoms with E-state index in [-0.39, 0.29) is 12.3 Å². The molecule has 136 valence electrons. The molecule has 6 nitrogen and oxygen atoms in total. The minimum absolute atomic E-state index is 0.0554. The molecular weight excluding hydrogens is 370 g/mol. The van der Waals surface area contributed by atoms with Crippen LogP contribution in [0.25, 0.3) is 10.6 Å². The number of thiazole rings is 2. The molecule has 0 spiro atoms. The zero-order valence-corrected chi connectivity index (χ0v) is 16.4. The minimum Gasteiger partial charge on any atom is -0.493 e. The lowest BCUT2D eigenvalue weighted by atomic mass is 10.2. The van der Waals surface area contributed by atoms with Crippen LogP contribution < -0.4 is 14.8 Å². The number of nitrogens with zero attached hydrogens (tertiary/aromatic N) is 2. The Morgan fingerprint density at radius 3 is 2.73 bits per heavy atom. The Kier molecular flexibility index (Phi) is 5.85. The third kappa shape index (κ3) is 4.39. The van der Waals surface area contributed by atoms with Crippen molar-refractivity contribution in [3.05, 3.63) is 45.4 Å². The molecule has 0 radical (unpaired) electrons. The number of nitrogens with one attached hydrogen (secondary N) is 1. The van der Waals surface area contributed by atoms with Gasteiger partial charge in [0.15, 0.2) is 11.5 Å². The monoisotopic (exact) mass is 389 g/mol. The Hall–Kier alpha value is -2.45. The maximum Gasteiger partial charge on any atom is 0.226 e. The summed E-state index contributed by atoms with van der Waals surface area (Å²) in [7, 11) is 3.20. The number of carbonyl (C=O) groups excluding carboxylic acids is 1. The summed E-state index contributed by atoms with van der Waals surface area (Å²) in [4.78, 5) is 21.9. The molecule has 0 aliphatic rings. The molecule has 0 bridgehead atoms. The average molecular weight is 390 g/mol. The first-order valence-corrected chi connectivity index (χ1v) is 9.63. The van der Waals surface area contributed by atoms with Crippen LogP contribution in [0.15, 0.2) is 29.8 Å². The normalized spacial score (nSPS) is 10.6. The summed E-state index contributed by atoms with van der Waals surface area (Å²) in [6.45, 7) is 2.44. The van der Waals surface area contributed by atoms with Gasteiger partial charge in [-0.1, -0.05) is 0 Å². The van der Waals surface area contributed by atoms with Crippen molar-refractivity contribution in [1.29, 1.82) is 0 Å². The van der Waals surface area contributed by atoms with Crippen LogP contribution in [0.3, 0.4) is 0 Å². The molecule has 0 fully saturated rings. The second-order valence-corrected chi connectivity index (χ2v) is 7.69. The molecule has 3 rings (SSSR count). The van der Waals surface area contributed by atoms with E-state index >= 15 is 0 Å². The van der Waals surface area contributed by atoms with E-state index in [1.807, 2.05) is 30.5 Å². The van der Waals surface area contributed by atoms with Crippen molar-refractivity contribution < 1.29 is 14.3 Å². The molecule has 0 saturated carbocycles. The highest BCUT2D eigenvalue weighted by molar-refractivity contribution is 7.13. The van der Waals surface area contributed by atoms with Crippen molar-refractivity contribution in [3.63, 3.8) is 0 Å². The maximum atomic E-state index is 12.1. The molecule has 1 N–H and O–H groups in total. The fourth-order valence-electron chi connectivity index (χ4n) is 2.39. The Balaban J connectivity index is 1.63. The fourth-order valence-corrected chi connectivity index (χ4v) is 3.94. The number of hydrogen-bond acceptors (Lipinski definition) is 7. The number of carbonyl (C=O) groups is 1. The lowest BCUT2D eigenvalue weighted by Crippen LogP contribution is -2.24. The maximum absolute atomic E-state index is 12.1. The standard InChI is InChI=1S/C18H19N3O3S2/c1-11-19-8-14(26-11)9-20-17(22)7-13-10-25-18(21-13)12-4-5-15(23-2)16(6-12)24-3/h4-6,8,10H,7,9H2,1-3H3,(H,20,22). The van der Waals surface area contributed by atoms with Crippen LogP contribution >= 0.6 is 22.7 Å². The van der Waals surface area contributed by atoms with Crippen LogP contribution in [0.1, 0.15) is 15.6 Å². The number of rotatable bonds is 7. The van der Waals surface area contributed by atoms with E-state index in [2.05, 4.69) is 15.3 Å². The van der Waals surface area contributed by atoms with Crippen LogP contribution in [0.5, 0.6) is 11.5 Å². The van der Waals surface area contributed by atoms with Crippen molar-refractivity contribution in [2.75, 3.05) is 14.2 Å². The van der Waals surface area contributed by atoms with Gasteiger partial charge in [-0.25, -0.2) is 9.97 Å². The van der Waals surface area contributed by atoms with E-state index in [1.54, 1.807) is 31.8 Å². The van der Waals surface area contributed by atoms with E-state index in [4.69, 9.17) is 9.47 Å². The first-order chi connectivity index (χ1) is 12.6. The first kappa shape index (κ1) is 18.3. The number of aromatic nitrogens is 2. The summed E-state index contributed by atoms with van der Waals surface area (Å²) in [5.74, 6) is 1.27. The summed E-state index contributed by atoms with van der Waals surface area (Å²) >= 11 is 3.08. The van der Waals surface area contributed by atoms with Crippen molar-refractivity contribution in [1.82, 2.24) is 15.3 Å². The summed E-state index contributed by atoms with van der Waals surface area (Å²) in [5, 5.41) is 6.64. The second-order valence-electron chi connectivity index (χ2n) is 5.51. The molecule has 1 amide bonds. The number of methoxy groups -OCH3 is 2. The summed E-state index contributed by atoms with van der Waals surface area (Å²) < 4.78 is 10.6. The smallest absolute Gasteiger partial charge is 0.226 e. The molecule has 0 saturated heterocycles. The molecule has 0 aliphatic heterocycles. The largest absolute Gasteiger partial charge is 0.493 e. The number of aryl methyl sites for hydroxylation is 1. The Morgan fingerprint density at radius 1 is 1.23 bits per heavy atom. The molecule has 2 aromatic heterocycles. The van der Waals surface area contributed by atoms with Gasteiger partial charge in [-0.2, -0.15) is 0 Å². The third-order valence-corrected chi connectivity index (χ3v) is 5.51. The quantitative estimate of drug-likeness (QED) is 0.670. The van der Waals surface area contributed by atoms with E-state index in [0.29, 0.717) is 18.0 Å². The predicted octanol–water partition coefficient (Wildman–Crippen LogP) is 3.45. The number of hydrogen-bond donors (Lipinski definition) is 1. The van der Waals surface area contributed by atoms with Crippen LogP contribution in [0.4, 0.5) is 0 Å². The van der Waals surface area contributed by atoms with E-state index in [0.717, 1.165) is 26.1 Å². The Labute approximate surface area is 159 Å². The molecule has 0 unspecified atom stereocenters. The highest BCUT2D eigenvalue weighted by atomic mass is 32.1. The summed E-state index contributed by atoms with van der Waals surface area (Å²) in [5.41, 5.74) is 1.68. The Morgan fingerprint density at radius 2 is 2.04 bits per heavy atom. The number of ether oxygens (including phenoxy) is 2. The SMILES string of the molecule is COc1ccc(-c2nc(CC(=O)NCc3cnc(C)s3)cs2)cc1OC. The van der Waals surface area contributed by atoms with E-state index in [1.165, 1.54) is 11.3 Å². The minimum atomic E-state index is -0.0554. The zero-order valence-electron chi connectivity index (χ0n) is 14.7. The van der Waals surface area contributed by atoms with Gasteiger partial charge in [-0.05, 0) is 25.1 Å². The van der Waals surface area contributed by atoms with Crippen molar-refractivity contribution in [3.8, 4) is 22.1 Å². The van der Waals surface area contributed by atoms with Crippen LogP contribution in [-0.2, 0) is 17.8 Å². The van der Waals surface area contributed by atoms with Gasteiger partial charge in [0, 0.05) is 22.0 Å². The van der Waals surface area contributed by atoms with Gasteiger partial charge >= 0.3 is 0 Å².